The van der Waals surface area contributed by atoms with E-state index in [2.05, 4.69) is 22.7 Å². The van der Waals surface area contributed by atoms with Crippen LogP contribution in [0.15, 0.2) is 12.1 Å². The molecule has 0 aliphatic carbocycles. The standard InChI is InChI=1S/C15H24N4O2/c1-3-12-8-11(9-13(18-12)19-16)14(20)17-10-15(2)4-6-21-7-5-15/h8-9H,3-7,10,16H2,1-2H3,(H,17,20)(H,18,19). The summed E-state index contributed by atoms with van der Waals surface area (Å²) in [6.45, 7) is 6.37. The van der Waals surface area contributed by atoms with Crippen molar-refractivity contribution in [2.24, 2.45) is 11.3 Å². The highest BCUT2D eigenvalue weighted by Crippen LogP contribution is 2.28. The van der Waals surface area contributed by atoms with Gasteiger partial charge < -0.3 is 15.5 Å². The molecule has 4 N–H and O–H groups in total. The molecule has 0 bridgehead atoms. The van der Waals surface area contributed by atoms with Gasteiger partial charge in [-0.1, -0.05) is 13.8 Å². The van der Waals surface area contributed by atoms with Crippen LogP contribution in [0, 0.1) is 5.41 Å². The number of hydrogen-bond acceptors (Lipinski definition) is 5. The molecule has 21 heavy (non-hydrogen) atoms. The van der Waals surface area contributed by atoms with E-state index in [1.807, 2.05) is 13.0 Å². The first-order valence-electron chi connectivity index (χ1n) is 7.40. The number of carbonyl (C=O) groups is 1. The van der Waals surface area contributed by atoms with Crippen LogP contribution in [0.2, 0.25) is 0 Å². The average molecular weight is 292 g/mol. The van der Waals surface area contributed by atoms with Crippen molar-refractivity contribution in [2.45, 2.75) is 33.1 Å². The summed E-state index contributed by atoms with van der Waals surface area (Å²) in [5.41, 5.74) is 4.05. The van der Waals surface area contributed by atoms with E-state index in [1.165, 1.54) is 0 Å². The molecule has 1 fully saturated rings. The molecule has 0 saturated carbocycles. The Kier molecular flexibility index (Phi) is 5.14. The molecule has 1 saturated heterocycles. The highest BCUT2D eigenvalue weighted by Gasteiger charge is 2.27. The molecule has 116 valence electrons. The maximum atomic E-state index is 12.3. The van der Waals surface area contributed by atoms with E-state index < -0.39 is 0 Å². The van der Waals surface area contributed by atoms with E-state index in [9.17, 15) is 4.79 Å². The van der Waals surface area contributed by atoms with Gasteiger partial charge in [0, 0.05) is 31.0 Å². The van der Waals surface area contributed by atoms with E-state index in [4.69, 9.17) is 10.6 Å². The molecule has 2 rings (SSSR count). The number of aryl methyl sites for hydroxylation is 1. The van der Waals surface area contributed by atoms with E-state index in [-0.39, 0.29) is 11.3 Å². The number of pyridine rings is 1. The number of nitrogen functional groups attached to an aromatic ring is 1. The Labute approximate surface area is 125 Å². The molecule has 2 heterocycles. The number of amides is 1. The number of nitrogens with one attached hydrogen (secondary N) is 2. The molecule has 0 spiro atoms. The van der Waals surface area contributed by atoms with Crippen LogP contribution in [0.25, 0.3) is 0 Å². The van der Waals surface area contributed by atoms with Crippen LogP contribution in [-0.2, 0) is 11.2 Å². The van der Waals surface area contributed by atoms with E-state index in [0.29, 0.717) is 17.9 Å². The second-order valence-corrected chi connectivity index (χ2v) is 5.84. The van der Waals surface area contributed by atoms with Crippen LogP contribution in [0.4, 0.5) is 5.82 Å². The lowest BCUT2D eigenvalue weighted by Crippen LogP contribution is -2.39. The molecule has 1 aliphatic heterocycles. The number of hydrogen-bond donors (Lipinski definition) is 3. The fourth-order valence-corrected chi connectivity index (χ4v) is 2.41. The summed E-state index contributed by atoms with van der Waals surface area (Å²) in [5, 5.41) is 3.02. The van der Waals surface area contributed by atoms with Gasteiger partial charge in [-0.3, -0.25) is 4.79 Å². The molecule has 6 heteroatoms. The Hall–Kier alpha value is -1.66. The number of anilines is 1. The monoisotopic (exact) mass is 292 g/mol. The van der Waals surface area contributed by atoms with Crippen molar-refractivity contribution in [1.82, 2.24) is 10.3 Å². The Bertz CT molecular complexity index is 476. The smallest absolute Gasteiger partial charge is 0.251 e. The molecular formula is C15H24N4O2. The Morgan fingerprint density at radius 2 is 2.14 bits per heavy atom. The van der Waals surface area contributed by atoms with Gasteiger partial charge >= 0.3 is 0 Å². The predicted molar refractivity (Wildman–Crippen MR) is 81.9 cm³/mol. The van der Waals surface area contributed by atoms with Gasteiger partial charge in [-0.25, -0.2) is 10.8 Å². The second-order valence-electron chi connectivity index (χ2n) is 5.84. The van der Waals surface area contributed by atoms with Crippen molar-refractivity contribution in [1.29, 1.82) is 0 Å². The van der Waals surface area contributed by atoms with E-state index in [1.54, 1.807) is 6.07 Å². The quantitative estimate of drug-likeness (QED) is 0.565. The maximum Gasteiger partial charge on any atom is 0.251 e. The summed E-state index contributed by atoms with van der Waals surface area (Å²) in [4.78, 5) is 16.6. The largest absolute Gasteiger partial charge is 0.381 e. The highest BCUT2D eigenvalue weighted by molar-refractivity contribution is 5.95. The first-order valence-corrected chi connectivity index (χ1v) is 7.40. The van der Waals surface area contributed by atoms with Crippen LogP contribution in [0.1, 0.15) is 42.7 Å². The first-order chi connectivity index (χ1) is 10.1. The van der Waals surface area contributed by atoms with Crippen molar-refractivity contribution >= 4 is 11.7 Å². The van der Waals surface area contributed by atoms with Crippen molar-refractivity contribution in [2.75, 3.05) is 25.2 Å². The van der Waals surface area contributed by atoms with Gasteiger partial charge in [-0.15, -0.1) is 0 Å². The van der Waals surface area contributed by atoms with Gasteiger partial charge in [0.05, 0.1) is 0 Å². The molecule has 0 atom stereocenters. The number of aromatic nitrogens is 1. The maximum absolute atomic E-state index is 12.3. The molecule has 1 amide bonds. The Morgan fingerprint density at radius 3 is 2.76 bits per heavy atom. The minimum atomic E-state index is -0.0867. The van der Waals surface area contributed by atoms with Crippen LogP contribution in [0.3, 0.4) is 0 Å². The molecule has 1 aliphatic rings. The lowest BCUT2D eigenvalue weighted by molar-refractivity contribution is 0.0238. The average Bonchev–Trinajstić information content (AvgIpc) is 2.52. The van der Waals surface area contributed by atoms with Gasteiger partial charge in [0.15, 0.2) is 0 Å². The van der Waals surface area contributed by atoms with Gasteiger partial charge in [0.2, 0.25) is 0 Å². The lowest BCUT2D eigenvalue weighted by Gasteiger charge is -2.33. The first kappa shape index (κ1) is 15.7. The van der Waals surface area contributed by atoms with Crippen molar-refractivity contribution in [3.05, 3.63) is 23.4 Å². The Morgan fingerprint density at radius 1 is 1.43 bits per heavy atom. The van der Waals surface area contributed by atoms with Gasteiger partial charge in [0.1, 0.15) is 5.82 Å². The summed E-state index contributed by atoms with van der Waals surface area (Å²) in [6.07, 6.45) is 2.70. The molecule has 1 aromatic rings. The second kappa shape index (κ2) is 6.87. The van der Waals surface area contributed by atoms with Crippen LogP contribution >= 0.6 is 0 Å². The zero-order chi connectivity index (χ0) is 15.3. The predicted octanol–water partition coefficient (Wildman–Crippen LogP) is 1.48. The summed E-state index contributed by atoms with van der Waals surface area (Å²) in [7, 11) is 0. The highest BCUT2D eigenvalue weighted by atomic mass is 16.5. The van der Waals surface area contributed by atoms with Gasteiger partial charge in [-0.05, 0) is 36.8 Å². The molecular weight excluding hydrogens is 268 g/mol. The number of nitrogens with two attached hydrogens (primary N) is 1. The summed E-state index contributed by atoms with van der Waals surface area (Å²) >= 11 is 0. The third-order valence-electron chi connectivity index (χ3n) is 4.03. The van der Waals surface area contributed by atoms with Crippen LogP contribution in [-0.4, -0.2) is 30.6 Å². The van der Waals surface area contributed by atoms with Crippen LogP contribution in [0.5, 0.6) is 0 Å². The number of nitrogens with zero attached hydrogens (tertiary/aromatic N) is 1. The third-order valence-corrected chi connectivity index (χ3v) is 4.03. The normalized spacial score (nSPS) is 17.3. The zero-order valence-electron chi connectivity index (χ0n) is 12.7. The molecule has 0 unspecified atom stereocenters. The van der Waals surface area contributed by atoms with Gasteiger partial charge in [0.25, 0.3) is 5.91 Å². The lowest BCUT2D eigenvalue weighted by atomic mass is 9.82. The fraction of sp³-hybridized carbons (Fsp3) is 0.600. The van der Waals surface area contributed by atoms with Crippen molar-refractivity contribution in [3.8, 4) is 0 Å². The topological polar surface area (TPSA) is 89.3 Å². The number of hydrazine groups is 1. The van der Waals surface area contributed by atoms with E-state index >= 15 is 0 Å². The Balaban J connectivity index is 2.02. The molecule has 0 radical (unpaired) electrons. The van der Waals surface area contributed by atoms with Gasteiger partial charge in [-0.2, -0.15) is 0 Å². The summed E-state index contributed by atoms with van der Waals surface area (Å²) < 4.78 is 5.37. The minimum absolute atomic E-state index is 0.0867. The molecule has 6 nitrogen and oxygen atoms in total. The number of carbonyl (C=O) groups excluding carboxylic acids is 1. The number of ether oxygens (including phenoxy) is 1. The number of rotatable bonds is 5. The van der Waals surface area contributed by atoms with Crippen molar-refractivity contribution in [3.63, 3.8) is 0 Å². The van der Waals surface area contributed by atoms with Crippen molar-refractivity contribution < 1.29 is 9.53 Å². The van der Waals surface area contributed by atoms with E-state index in [0.717, 1.165) is 38.2 Å². The molecule has 1 aromatic heterocycles. The van der Waals surface area contributed by atoms with Crippen LogP contribution < -0.4 is 16.6 Å². The summed E-state index contributed by atoms with van der Waals surface area (Å²) in [5.74, 6) is 5.82. The summed E-state index contributed by atoms with van der Waals surface area (Å²) in [6, 6.07) is 3.48. The minimum Gasteiger partial charge on any atom is -0.381 e. The fourth-order valence-electron chi connectivity index (χ4n) is 2.41. The third kappa shape index (κ3) is 4.15. The zero-order valence-corrected chi connectivity index (χ0v) is 12.7. The molecule has 0 aromatic carbocycles. The SMILES string of the molecule is CCc1cc(C(=O)NCC2(C)CCOCC2)cc(NN)n1.